The summed E-state index contributed by atoms with van der Waals surface area (Å²) in [6, 6.07) is 4.19. The quantitative estimate of drug-likeness (QED) is 0.662. The highest BCUT2D eigenvalue weighted by Crippen LogP contribution is 2.19. The Hall–Kier alpha value is -2.29. The molecule has 2 N–H and O–H groups in total. The molecule has 1 aromatic carbocycles. The van der Waals surface area contributed by atoms with Crippen molar-refractivity contribution < 1.29 is 27.5 Å². The van der Waals surface area contributed by atoms with Crippen LogP contribution >= 0.6 is 0 Å². The van der Waals surface area contributed by atoms with Crippen LogP contribution in [0.5, 0.6) is 0 Å². The number of nitrogen functional groups attached to an aromatic ring is 1. The number of methoxy groups -OCH3 is 1. The van der Waals surface area contributed by atoms with E-state index < -0.39 is 18.7 Å². The van der Waals surface area contributed by atoms with E-state index in [1.54, 1.807) is 0 Å². The van der Waals surface area contributed by atoms with Gasteiger partial charge < -0.3 is 15.4 Å². The lowest BCUT2D eigenvalue weighted by Crippen LogP contribution is -2.50. The van der Waals surface area contributed by atoms with Gasteiger partial charge in [0.2, 0.25) is 0 Å². The van der Waals surface area contributed by atoms with Crippen molar-refractivity contribution in [2.75, 3.05) is 45.6 Å². The van der Waals surface area contributed by atoms with Crippen LogP contribution in [0, 0.1) is 0 Å². The number of alkyl halides is 3. The lowest BCUT2D eigenvalue weighted by Gasteiger charge is -2.35. The summed E-state index contributed by atoms with van der Waals surface area (Å²) in [6.07, 6.45) is -4.25. The Labute approximate surface area is 137 Å². The summed E-state index contributed by atoms with van der Waals surface area (Å²) in [7, 11) is 1.22. The maximum Gasteiger partial charge on any atom is 0.401 e. The Morgan fingerprint density at radius 2 is 1.71 bits per heavy atom. The molecule has 0 aromatic heterocycles. The second-order valence-corrected chi connectivity index (χ2v) is 5.52. The molecule has 0 atom stereocenters. The predicted octanol–water partition coefficient (Wildman–Crippen LogP) is 1.38. The molecule has 0 unspecified atom stereocenters. The Bertz CT molecular complexity index is 626. The van der Waals surface area contributed by atoms with E-state index in [1.165, 1.54) is 35.1 Å². The number of halogens is 3. The molecule has 0 bridgehead atoms. The first-order chi connectivity index (χ1) is 11.2. The van der Waals surface area contributed by atoms with E-state index in [-0.39, 0.29) is 48.9 Å². The van der Waals surface area contributed by atoms with E-state index in [4.69, 9.17) is 5.73 Å². The van der Waals surface area contributed by atoms with Crippen LogP contribution in [0.4, 0.5) is 18.9 Å². The molecule has 0 aliphatic carbocycles. The first kappa shape index (κ1) is 18.1. The standard InChI is InChI=1S/C15H18F3N3O3/c1-24-14(23)11-6-10(7-12(19)8-11)13(22)21-4-2-20(3-5-21)9-15(16,17)18/h6-8H,2-5,9,19H2,1H3. The highest BCUT2D eigenvalue weighted by Gasteiger charge is 2.33. The van der Waals surface area contributed by atoms with Crippen LogP contribution in [-0.2, 0) is 4.74 Å². The van der Waals surface area contributed by atoms with E-state index in [0.717, 1.165) is 0 Å². The molecule has 1 saturated heterocycles. The number of carbonyl (C=O) groups excluding carboxylic acids is 2. The van der Waals surface area contributed by atoms with Crippen molar-refractivity contribution in [3.05, 3.63) is 29.3 Å². The van der Waals surface area contributed by atoms with Gasteiger partial charge in [0.1, 0.15) is 0 Å². The molecule has 1 aromatic rings. The van der Waals surface area contributed by atoms with Gasteiger partial charge in [-0.3, -0.25) is 9.69 Å². The molecule has 24 heavy (non-hydrogen) atoms. The maximum atomic E-state index is 12.5. The molecule has 0 radical (unpaired) electrons. The molecule has 0 spiro atoms. The van der Waals surface area contributed by atoms with Gasteiger partial charge in [0.05, 0.1) is 19.2 Å². The summed E-state index contributed by atoms with van der Waals surface area (Å²) < 4.78 is 41.7. The molecule has 6 nitrogen and oxygen atoms in total. The smallest absolute Gasteiger partial charge is 0.401 e. The zero-order chi connectivity index (χ0) is 17.9. The first-order valence-electron chi connectivity index (χ1n) is 7.27. The van der Waals surface area contributed by atoms with E-state index in [9.17, 15) is 22.8 Å². The molecule has 1 heterocycles. The summed E-state index contributed by atoms with van der Waals surface area (Å²) in [5, 5.41) is 0. The van der Waals surface area contributed by atoms with Crippen molar-refractivity contribution in [2.24, 2.45) is 0 Å². The number of hydrogen-bond acceptors (Lipinski definition) is 5. The molecular weight excluding hydrogens is 327 g/mol. The minimum Gasteiger partial charge on any atom is -0.465 e. The molecule has 0 saturated carbocycles. The molecule has 1 aliphatic heterocycles. The van der Waals surface area contributed by atoms with Crippen molar-refractivity contribution >= 4 is 17.6 Å². The zero-order valence-electron chi connectivity index (χ0n) is 13.1. The Morgan fingerprint density at radius 3 is 2.25 bits per heavy atom. The van der Waals surface area contributed by atoms with Crippen LogP contribution < -0.4 is 5.73 Å². The van der Waals surface area contributed by atoms with Gasteiger partial charge in [-0.25, -0.2) is 4.79 Å². The van der Waals surface area contributed by atoms with Crippen LogP contribution in [-0.4, -0.2) is 67.7 Å². The molecule has 1 amide bonds. The fourth-order valence-corrected chi connectivity index (χ4v) is 2.56. The van der Waals surface area contributed by atoms with Crippen LogP contribution in [0.1, 0.15) is 20.7 Å². The van der Waals surface area contributed by atoms with E-state index in [2.05, 4.69) is 4.74 Å². The van der Waals surface area contributed by atoms with Crippen molar-refractivity contribution in [3.8, 4) is 0 Å². The second kappa shape index (κ2) is 7.08. The summed E-state index contributed by atoms with van der Waals surface area (Å²) in [5.41, 5.74) is 6.29. The number of anilines is 1. The Kier molecular flexibility index (Phi) is 5.33. The van der Waals surface area contributed by atoms with Gasteiger partial charge in [0.15, 0.2) is 0 Å². The Balaban J connectivity index is 2.05. The molecule has 2 rings (SSSR count). The minimum atomic E-state index is -4.25. The van der Waals surface area contributed by atoms with Gasteiger partial charge in [0, 0.05) is 37.4 Å². The number of hydrogen-bond donors (Lipinski definition) is 1. The SMILES string of the molecule is COC(=O)c1cc(N)cc(C(=O)N2CCN(CC(F)(F)F)CC2)c1. The van der Waals surface area contributed by atoms with Crippen LogP contribution in [0.25, 0.3) is 0 Å². The lowest BCUT2D eigenvalue weighted by molar-refractivity contribution is -0.148. The van der Waals surface area contributed by atoms with Crippen LogP contribution in [0.2, 0.25) is 0 Å². The van der Waals surface area contributed by atoms with Gasteiger partial charge in [-0.1, -0.05) is 0 Å². The maximum absolute atomic E-state index is 12.5. The first-order valence-corrected chi connectivity index (χ1v) is 7.27. The largest absolute Gasteiger partial charge is 0.465 e. The number of rotatable bonds is 3. The van der Waals surface area contributed by atoms with Crippen molar-refractivity contribution in [3.63, 3.8) is 0 Å². The van der Waals surface area contributed by atoms with E-state index >= 15 is 0 Å². The van der Waals surface area contributed by atoms with Gasteiger partial charge >= 0.3 is 12.1 Å². The average Bonchev–Trinajstić information content (AvgIpc) is 2.52. The monoisotopic (exact) mass is 345 g/mol. The molecule has 1 aliphatic rings. The topological polar surface area (TPSA) is 75.9 Å². The molecule has 9 heteroatoms. The zero-order valence-corrected chi connectivity index (χ0v) is 13.1. The van der Waals surface area contributed by atoms with Crippen LogP contribution in [0.15, 0.2) is 18.2 Å². The van der Waals surface area contributed by atoms with Gasteiger partial charge in [0.25, 0.3) is 5.91 Å². The third-order valence-electron chi connectivity index (χ3n) is 3.69. The van der Waals surface area contributed by atoms with Gasteiger partial charge in [-0.15, -0.1) is 0 Å². The third kappa shape index (κ3) is 4.60. The highest BCUT2D eigenvalue weighted by molar-refractivity contribution is 5.99. The highest BCUT2D eigenvalue weighted by atomic mass is 19.4. The minimum absolute atomic E-state index is 0.136. The fourth-order valence-electron chi connectivity index (χ4n) is 2.56. The molecule has 1 fully saturated rings. The number of esters is 1. The predicted molar refractivity (Wildman–Crippen MR) is 80.6 cm³/mol. The number of ether oxygens (including phenoxy) is 1. The van der Waals surface area contributed by atoms with E-state index in [1.807, 2.05) is 0 Å². The van der Waals surface area contributed by atoms with Gasteiger partial charge in [-0.2, -0.15) is 13.2 Å². The summed E-state index contributed by atoms with van der Waals surface area (Å²) in [6.45, 7) is -0.358. The normalized spacial score (nSPS) is 16.1. The van der Waals surface area contributed by atoms with Crippen molar-refractivity contribution in [1.82, 2.24) is 9.80 Å². The lowest BCUT2D eigenvalue weighted by atomic mass is 10.1. The third-order valence-corrected chi connectivity index (χ3v) is 3.69. The number of carbonyl (C=O) groups is 2. The number of nitrogens with zero attached hydrogens (tertiary/aromatic N) is 2. The fraction of sp³-hybridized carbons (Fsp3) is 0.467. The van der Waals surface area contributed by atoms with Crippen LogP contribution in [0.3, 0.4) is 0 Å². The average molecular weight is 345 g/mol. The van der Waals surface area contributed by atoms with E-state index in [0.29, 0.717) is 0 Å². The molecular formula is C15H18F3N3O3. The summed E-state index contributed by atoms with van der Waals surface area (Å²) in [5.74, 6) is -0.995. The number of amides is 1. The van der Waals surface area contributed by atoms with Crippen molar-refractivity contribution in [2.45, 2.75) is 6.18 Å². The summed E-state index contributed by atoms with van der Waals surface area (Å²) in [4.78, 5) is 26.8. The number of benzene rings is 1. The molecule has 132 valence electrons. The second-order valence-electron chi connectivity index (χ2n) is 5.52. The Morgan fingerprint density at radius 1 is 1.12 bits per heavy atom. The van der Waals surface area contributed by atoms with Gasteiger partial charge in [-0.05, 0) is 18.2 Å². The van der Waals surface area contributed by atoms with Crippen molar-refractivity contribution in [1.29, 1.82) is 0 Å². The number of piperazine rings is 1. The number of nitrogens with two attached hydrogens (primary N) is 1. The summed E-state index contributed by atoms with van der Waals surface area (Å²) >= 11 is 0.